The molecule has 1 aromatic rings. The molecule has 3 atom stereocenters. The molecule has 2 bridgehead atoms. The lowest BCUT2D eigenvalue weighted by atomic mass is 9.89. The Labute approximate surface area is 131 Å². The molecule has 6 heteroatoms. The van der Waals surface area contributed by atoms with E-state index < -0.39 is 10.0 Å². The number of hydrogen-bond donors (Lipinski definition) is 2. The van der Waals surface area contributed by atoms with E-state index in [0.29, 0.717) is 24.9 Å². The molecule has 21 heavy (non-hydrogen) atoms. The first-order valence-corrected chi connectivity index (χ1v) is 9.34. The van der Waals surface area contributed by atoms with E-state index >= 15 is 0 Å². The summed E-state index contributed by atoms with van der Waals surface area (Å²) in [5.74, 6) is 2.00. The molecule has 2 saturated carbocycles. The summed E-state index contributed by atoms with van der Waals surface area (Å²) in [6, 6.07) is 4.86. The van der Waals surface area contributed by atoms with Crippen molar-refractivity contribution >= 4 is 21.6 Å². The van der Waals surface area contributed by atoms with E-state index in [1.807, 2.05) is 0 Å². The molecule has 0 heterocycles. The number of halogens is 1. The lowest BCUT2D eigenvalue weighted by Gasteiger charge is -2.22. The second kappa shape index (κ2) is 5.88. The van der Waals surface area contributed by atoms with Crippen LogP contribution in [-0.4, -0.2) is 15.0 Å². The number of hydrogen-bond acceptors (Lipinski definition) is 3. The van der Waals surface area contributed by atoms with Crippen LogP contribution in [-0.2, 0) is 16.6 Å². The van der Waals surface area contributed by atoms with E-state index in [0.717, 1.165) is 17.9 Å². The molecule has 3 N–H and O–H groups in total. The van der Waals surface area contributed by atoms with Gasteiger partial charge in [-0.05, 0) is 54.7 Å². The van der Waals surface area contributed by atoms with Gasteiger partial charge < -0.3 is 5.73 Å². The summed E-state index contributed by atoms with van der Waals surface area (Å²) in [6.07, 6.45) is 5.01. The summed E-state index contributed by atoms with van der Waals surface area (Å²) in [4.78, 5) is 0.143. The van der Waals surface area contributed by atoms with Crippen molar-refractivity contribution in [3.8, 4) is 0 Å². The van der Waals surface area contributed by atoms with Gasteiger partial charge in [0.1, 0.15) is 4.90 Å². The van der Waals surface area contributed by atoms with Crippen molar-refractivity contribution in [1.29, 1.82) is 0 Å². The van der Waals surface area contributed by atoms with Crippen LogP contribution in [0.25, 0.3) is 0 Å². The van der Waals surface area contributed by atoms with E-state index in [-0.39, 0.29) is 9.92 Å². The highest BCUT2D eigenvalue weighted by molar-refractivity contribution is 7.89. The molecular formula is C15H21ClN2O2S. The van der Waals surface area contributed by atoms with Gasteiger partial charge in [0.25, 0.3) is 0 Å². The van der Waals surface area contributed by atoms with Gasteiger partial charge in [0.2, 0.25) is 10.0 Å². The van der Waals surface area contributed by atoms with Crippen molar-refractivity contribution in [2.24, 2.45) is 23.5 Å². The lowest BCUT2D eigenvalue weighted by molar-refractivity contribution is 0.333. The zero-order chi connectivity index (χ0) is 15.0. The SMILES string of the molecule is NCc1ccc(S(=O)(=O)NCC2CC3CCC2C3)c(Cl)c1. The number of rotatable bonds is 5. The van der Waals surface area contributed by atoms with Crippen LogP contribution in [0.5, 0.6) is 0 Å². The van der Waals surface area contributed by atoms with Gasteiger partial charge >= 0.3 is 0 Å². The Morgan fingerprint density at radius 2 is 2.10 bits per heavy atom. The van der Waals surface area contributed by atoms with Gasteiger partial charge in [0.15, 0.2) is 0 Å². The fourth-order valence-electron chi connectivity index (χ4n) is 3.81. The topological polar surface area (TPSA) is 72.2 Å². The summed E-state index contributed by atoms with van der Waals surface area (Å²) in [7, 11) is -3.54. The van der Waals surface area contributed by atoms with Crippen molar-refractivity contribution in [3.05, 3.63) is 28.8 Å². The summed E-state index contributed by atoms with van der Waals surface area (Å²) < 4.78 is 27.5. The molecule has 0 aromatic heterocycles. The first-order valence-electron chi connectivity index (χ1n) is 7.48. The van der Waals surface area contributed by atoms with Crippen LogP contribution >= 0.6 is 11.6 Å². The largest absolute Gasteiger partial charge is 0.326 e. The molecule has 2 fully saturated rings. The minimum Gasteiger partial charge on any atom is -0.326 e. The molecule has 0 spiro atoms. The van der Waals surface area contributed by atoms with Crippen molar-refractivity contribution in [1.82, 2.24) is 4.72 Å². The maximum Gasteiger partial charge on any atom is 0.242 e. The Kier molecular flexibility index (Phi) is 4.28. The average Bonchev–Trinajstić information content (AvgIpc) is 3.07. The Morgan fingerprint density at radius 3 is 2.67 bits per heavy atom. The van der Waals surface area contributed by atoms with E-state index in [2.05, 4.69) is 4.72 Å². The Bertz CT molecular complexity index is 633. The second-order valence-electron chi connectivity index (χ2n) is 6.26. The normalized spacial score (nSPS) is 28.2. The minimum absolute atomic E-state index is 0.143. The average molecular weight is 329 g/mol. The van der Waals surface area contributed by atoms with Gasteiger partial charge in [0, 0.05) is 13.1 Å². The fraction of sp³-hybridized carbons (Fsp3) is 0.600. The molecule has 3 rings (SSSR count). The van der Waals surface area contributed by atoms with E-state index in [1.165, 1.54) is 25.3 Å². The van der Waals surface area contributed by atoms with Gasteiger partial charge in [0.05, 0.1) is 5.02 Å². The van der Waals surface area contributed by atoms with E-state index in [9.17, 15) is 8.42 Å². The van der Waals surface area contributed by atoms with Crippen LogP contribution in [0.3, 0.4) is 0 Å². The highest BCUT2D eigenvalue weighted by Gasteiger charge is 2.39. The van der Waals surface area contributed by atoms with Crippen molar-refractivity contribution in [2.75, 3.05) is 6.54 Å². The molecule has 1 aromatic carbocycles. The molecule has 0 aliphatic heterocycles. The third-order valence-electron chi connectivity index (χ3n) is 4.94. The highest BCUT2D eigenvalue weighted by Crippen LogP contribution is 2.48. The zero-order valence-electron chi connectivity index (χ0n) is 11.9. The fourth-order valence-corrected chi connectivity index (χ4v) is 5.47. The Morgan fingerprint density at radius 1 is 1.29 bits per heavy atom. The summed E-state index contributed by atoms with van der Waals surface area (Å²) >= 11 is 6.08. The molecule has 0 radical (unpaired) electrons. The lowest BCUT2D eigenvalue weighted by Crippen LogP contribution is -2.31. The number of nitrogens with one attached hydrogen (secondary N) is 1. The molecule has 2 aliphatic carbocycles. The summed E-state index contributed by atoms with van der Waals surface area (Å²) in [6.45, 7) is 0.872. The molecular weight excluding hydrogens is 308 g/mol. The molecule has 2 aliphatic rings. The number of sulfonamides is 1. The smallest absolute Gasteiger partial charge is 0.242 e. The third kappa shape index (κ3) is 3.11. The van der Waals surface area contributed by atoms with Crippen LogP contribution < -0.4 is 10.5 Å². The Hall–Kier alpha value is -0.620. The monoisotopic (exact) mass is 328 g/mol. The van der Waals surface area contributed by atoms with Gasteiger partial charge in [-0.25, -0.2) is 13.1 Å². The molecule has 4 nitrogen and oxygen atoms in total. The molecule has 0 amide bonds. The van der Waals surface area contributed by atoms with Crippen LogP contribution in [0.4, 0.5) is 0 Å². The molecule has 116 valence electrons. The van der Waals surface area contributed by atoms with Gasteiger partial charge in [-0.1, -0.05) is 24.1 Å². The number of benzene rings is 1. The van der Waals surface area contributed by atoms with E-state index in [1.54, 1.807) is 12.1 Å². The molecule has 3 unspecified atom stereocenters. The highest BCUT2D eigenvalue weighted by atomic mass is 35.5. The van der Waals surface area contributed by atoms with Gasteiger partial charge in [-0.15, -0.1) is 0 Å². The first kappa shape index (κ1) is 15.3. The van der Waals surface area contributed by atoms with Crippen LogP contribution in [0.15, 0.2) is 23.1 Å². The van der Waals surface area contributed by atoms with Crippen LogP contribution in [0, 0.1) is 17.8 Å². The number of nitrogens with two attached hydrogens (primary N) is 1. The predicted molar refractivity (Wildman–Crippen MR) is 83.5 cm³/mol. The van der Waals surface area contributed by atoms with Crippen LogP contribution in [0.1, 0.15) is 31.2 Å². The van der Waals surface area contributed by atoms with Gasteiger partial charge in [-0.2, -0.15) is 0 Å². The second-order valence-corrected chi connectivity index (χ2v) is 8.40. The first-order chi connectivity index (χ1) is 9.99. The van der Waals surface area contributed by atoms with Crippen LogP contribution in [0.2, 0.25) is 5.02 Å². The number of fused-ring (bicyclic) bond motifs is 2. The van der Waals surface area contributed by atoms with E-state index in [4.69, 9.17) is 17.3 Å². The van der Waals surface area contributed by atoms with Gasteiger partial charge in [-0.3, -0.25) is 0 Å². The molecule has 0 saturated heterocycles. The third-order valence-corrected chi connectivity index (χ3v) is 6.85. The minimum atomic E-state index is -3.54. The summed E-state index contributed by atoms with van der Waals surface area (Å²) in [5, 5.41) is 0.235. The summed E-state index contributed by atoms with van der Waals surface area (Å²) in [5.41, 5.74) is 6.36. The van der Waals surface area contributed by atoms with Crippen molar-refractivity contribution in [3.63, 3.8) is 0 Å². The maximum atomic E-state index is 12.4. The predicted octanol–water partition coefficient (Wildman–Crippen LogP) is 2.51. The van der Waals surface area contributed by atoms with Crippen molar-refractivity contribution < 1.29 is 8.42 Å². The Balaban J connectivity index is 1.69. The zero-order valence-corrected chi connectivity index (χ0v) is 13.5. The maximum absolute atomic E-state index is 12.4. The van der Waals surface area contributed by atoms with Crippen molar-refractivity contribution in [2.45, 2.75) is 37.1 Å². The quantitative estimate of drug-likeness (QED) is 0.872. The standard InChI is InChI=1S/C15H21ClN2O2S/c16-14-7-11(8-17)2-4-15(14)21(19,20)18-9-13-6-10-1-3-12(13)5-10/h2,4,7,10,12-13,18H,1,3,5-6,8-9,17H2.